The Hall–Kier alpha value is 0.00870. The molecule has 0 saturated carbocycles. The fourth-order valence-corrected chi connectivity index (χ4v) is 7.29. The van der Waals surface area contributed by atoms with Crippen LogP contribution >= 0.6 is 0 Å². The fraction of sp³-hybridized carbons (Fsp3) is 0.812. The van der Waals surface area contributed by atoms with Gasteiger partial charge in [-0.1, -0.05) is 6.58 Å². The molecule has 0 aliphatic heterocycles. The van der Waals surface area contributed by atoms with E-state index >= 15 is 0 Å². The maximum atomic E-state index is 9.49. The Balaban J connectivity index is 0. The predicted molar refractivity (Wildman–Crippen MR) is 84.7 cm³/mol. The van der Waals surface area contributed by atoms with Crippen LogP contribution in [0.4, 0.5) is 0 Å². The first-order chi connectivity index (χ1) is 8.84. The molecule has 0 atom stereocenters. The Morgan fingerprint density at radius 1 is 1.16 bits per heavy atom. The molecule has 0 fully saturated rings. The summed E-state index contributed by atoms with van der Waals surface area (Å²) in [4.78, 5) is 9.49. The molecule has 0 amide bonds. The predicted octanol–water partition coefficient (Wildman–Crippen LogP) is 4.05. The van der Waals surface area contributed by atoms with Crippen LogP contribution in [-0.2, 0) is 4.79 Å². The van der Waals surface area contributed by atoms with Crippen LogP contribution in [0.2, 0.25) is 13.3 Å². The van der Waals surface area contributed by atoms with Gasteiger partial charge in [-0.2, -0.15) is 0 Å². The van der Waals surface area contributed by atoms with Gasteiger partial charge in [0.15, 0.2) is 0 Å². The normalized spacial score (nSPS) is 9.79. The van der Waals surface area contributed by atoms with Crippen LogP contribution in [0.15, 0.2) is 12.2 Å². The van der Waals surface area contributed by atoms with E-state index in [-0.39, 0.29) is 5.57 Å². The van der Waals surface area contributed by atoms with Crippen LogP contribution in [0, 0.1) is 5.92 Å². The molecule has 0 heterocycles. The van der Waals surface area contributed by atoms with Crippen LogP contribution < -0.4 is 5.11 Å². The molecule has 112 valence electrons. The second-order valence-electron chi connectivity index (χ2n) is 5.52. The number of carboxylic acid groups (broad SMARTS) is 1. The van der Waals surface area contributed by atoms with Gasteiger partial charge in [0.2, 0.25) is 0 Å². The molecular weight excluding hydrogens is 343 g/mol. The van der Waals surface area contributed by atoms with Gasteiger partial charge in [0.05, 0.1) is 5.97 Å². The van der Waals surface area contributed by atoms with Crippen molar-refractivity contribution in [2.45, 2.75) is 73.6 Å². The third-order valence-corrected chi connectivity index (χ3v) is 11.9. The molecular formula is C16H32O2Sn. The van der Waals surface area contributed by atoms with Crippen LogP contribution in [0.3, 0.4) is 0 Å². The van der Waals surface area contributed by atoms with Crippen LogP contribution in [0.5, 0.6) is 0 Å². The number of carboxylic acids is 1. The summed E-state index contributed by atoms with van der Waals surface area (Å²) in [5.74, 6) is -0.273. The number of unbranched alkanes of at least 4 members (excludes halogenated alkanes) is 2. The number of hydrogen-bond donors (Lipinski definition) is 0. The van der Waals surface area contributed by atoms with Gasteiger partial charge in [0, 0.05) is 0 Å². The molecule has 2 nitrogen and oxygen atoms in total. The quantitative estimate of drug-likeness (QED) is 0.347. The summed E-state index contributed by atoms with van der Waals surface area (Å²) in [5.41, 5.74) is 0.0648. The number of aliphatic carboxylic acids is 1. The van der Waals surface area contributed by atoms with Crippen molar-refractivity contribution in [1.82, 2.24) is 0 Å². The van der Waals surface area contributed by atoms with Crippen molar-refractivity contribution in [1.29, 1.82) is 0 Å². The molecule has 0 spiro atoms. The molecule has 19 heavy (non-hydrogen) atoms. The summed E-state index contributed by atoms with van der Waals surface area (Å²) < 4.78 is 4.80. The molecule has 0 radical (unpaired) electrons. The zero-order chi connectivity index (χ0) is 15.3. The van der Waals surface area contributed by atoms with Gasteiger partial charge in [-0.05, 0) is 12.5 Å². The third kappa shape index (κ3) is 18.0. The van der Waals surface area contributed by atoms with Crippen LogP contribution in [0.25, 0.3) is 0 Å². The summed E-state index contributed by atoms with van der Waals surface area (Å²) in [6, 6.07) is 0. The van der Waals surface area contributed by atoms with E-state index < -0.39 is 25.7 Å². The number of rotatable bonds is 9. The Labute approximate surface area is 127 Å². The summed E-state index contributed by atoms with van der Waals surface area (Å²) in [7, 11) is 0. The van der Waals surface area contributed by atoms with E-state index in [9.17, 15) is 9.90 Å². The summed E-state index contributed by atoms with van der Waals surface area (Å²) in [6.07, 6.45) is 5.96. The first kappa shape index (κ1) is 21.3. The van der Waals surface area contributed by atoms with Crippen molar-refractivity contribution >= 4 is 25.7 Å². The third-order valence-electron chi connectivity index (χ3n) is 3.16. The van der Waals surface area contributed by atoms with E-state index in [1.165, 1.54) is 26.2 Å². The standard InChI is InChI=1S/C8H17.C4H6O2.2C2H5.Sn/c1-4-5-6-7-8(2)3;1-3(2)4(5)6;2*1-2;/h8H,1,4-7H2,2-3H3;1H2,2H3,(H,5,6);2*1H2,2H3;/q;;;;+1/p-1. The number of carbonyl (C=O) groups excluding carboxylic acids is 1. The van der Waals surface area contributed by atoms with Gasteiger partial charge in [0.25, 0.3) is 0 Å². The van der Waals surface area contributed by atoms with E-state index in [0.29, 0.717) is 0 Å². The van der Waals surface area contributed by atoms with Gasteiger partial charge in [-0.15, -0.1) is 0 Å². The molecule has 0 rings (SSSR count). The zero-order valence-electron chi connectivity index (χ0n) is 13.6. The van der Waals surface area contributed by atoms with E-state index in [2.05, 4.69) is 34.3 Å². The molecule has 3 heteroatoms. The fourth-order valence-electron chi connectivity index (χ4n) is 1.71. The Kier molecular flexibility index (Phi) is 16.2. The Morgan fingerprint density at radius 3 is 1.95 bits per heavy atom. The summed E-state index contributed by atoms with van der Waals surface area (Å²) >= 11 is -0.783. The van der Waals surface area contributed by atoms with Crippen molar-refractivity contribution in [3.8, 4) is 0 Å². The Bertz CT molecular complexity index is 221. The van der Waals surface area contributed by atoms with Crippen molar-refractivity contribution in [3.63, 3.8) is 0 Å². The van der Waals surface area contributed by atoms with Gasteiger partial charge < -0.3 is 9.90 Å². The summed E-state index contributed by atoms with van der Waals surface area (Å²) in [6.45, 7) is 14.0. The molecule has 0 aliphatic rings. The monoisotopic (exact) mass is 376 g/mol. The van der Waals surface area contributed by atoms with Gasteiger partial charge >= 0.3 is 92.4 Å². The molecule has 0 N–H and O–H groups in total. The molecule has 0 bridgehead atoms. The molecule has 0 aliphatic carbocycles. The van der Waals surface area contributed by atoms with Crippen molar-refractivity contribution in [2.75, 3.05) is 0 Å². The first-order valence-corrected chi connectivity index (χ1v) is 13.6. The topological polar surface area (TPSA) is 40.1 Å². The zero-order valence-corrected chi connectivity index (χ0v) is 16.4. The maximum absolute atomic E-state index is 9.49. The van der Waals surface area contributed by atoms with E-state index in [1.54, 1.807) is 19.7 Å². The minimum absolute atomic E-state index is 0.0648. The minimum atomic E-state index is -1.19. The van der Waals surface area contributed by atoms with Crippen LogP contribution in [0.1, 0.15) is 60.3 Å². The second kappa shape index (κ2) is 14.4. The van der Waals surface area contributed by atoms with Crippen molar-refractivity contribution < 1.29 is 9.90 Å². The summed E-state index contributed by atoms with van der Waals surface area (Å²) in [5, 5.41) is 9.49. The average Bonchev–Trinajstić information content (AvgIpc) is 2.34. The number of hydrogen-bond acceptors (Lipinski definition) is 2. The molecule has 0 aromatic rings. The number of carbonyl (C=O) groups is 1. The van der Waals surface area contributed by atoms with Gasteiger partial charge in [-0.3, -0.25) is 0 Å². The average molecular weight is 375 g/mol. The van der Waals surface area contributed by atoms with Gasteiger partial charge in [-0.25, -0.2) is 0 Å². The van der Waals surface area contributed by atoms with Crippen molar-refractivity contribution in [2.24, 2.45) is 5.92 Å². The van der Waals surface area contributed by atoms with E-state index in [1.807, 2.05) is 0 Å². The first-order valence-electron chi connectivity index (χ1n) is 7.55. The van der Waals surface area contributed by atoms with Gasteiger partial charge in [0.1, 0.15) is 0 Å². The van der Waals surface area contributed by atoms with Crippen LogP contribution in [-0.4, -0.2) is 25.7 Å². The second-order valence-corrected chi connectivity index (χ2v) is 15.3. The van der Waals surface area contributed by atoms with E-state index in [4.69, 9.17) is 0 Å². The molecule has 0 saturated heterocycles. The molecule has 0 unspecified atom stereocenters. The van der Waals surface area contributed by atoms with Crippen molar-refractivity contribution in [3.05, 3.63) is 12.2 Å². The molecule has 0 aromatic heterocycles. The van der Waals surface area contributed by atoms with E-state index in [0.717, 1.165) is 5.92 Å². The Morgan fingerprint density at radius 2 is 1.63 bits per heavy atom. The molecule has 0 aromatic carbocycles. The SMILES string of the molecule is C=C(C)C(=O)[O-].C[CH2][Sn+]([CH2]C)[CH2]CCCCC(C)C.